The summed E-state index contributed by atoms with van der Waals surface area (Å²) < 4.78 is 0. The Kier molecular flexibility index (Phi) is 4.46. The van der Waals surface area contributed by atoms with E-state index >= 15 is 0 Å². The molecule has 1 fully saturated rings. The van der Waals surface area contributed by atoms with Crippen molar-refractivity contribution in [1.82, 2.24) is 4.90 Å². The Labute approximate surface area is 96.8 Å². The number of carbonyl (C=O) groups excluding carboxylic acids is 1. The molecule has 0 radical (unpaired) electrons. The van der Waals surface area contributed by atoms with E-state index in [4.69, 9.17) is 5.73 Å². The summed E-state index contributed by atoms with van der Waals surface area (Å²) >= 11 is 1.98. The summed E-state index contributed by atoms with van der Waals surface area (Å²) in [4.78, 5) is 14.1. The molecule has 1 atom stereocenters. The zero-order valence-electron chi connectivity index (χ0n) is 9.95. The predicted molar refractivity (Wildman–Crippen MR) is 66.0 cm³/mol. The van der Waals surface area contributed by atoms with Crippen molar-refractivity contribution in [3.05, 3.63) is 0 Å². The molecule has 0 aromatic carbocycles. The van der Waals surface area contributed by atoms with Gasteiger partial charge in [-0.2, -0.15) is 11.8 Å². The number of rotatable bonds is 3. The van der Waals surface area contributed by atoms with E-state index < -0.39 is 5.41 Å². The second-order valence-electron chi connectivity index (χ2n) is 4.74. The largest absolute Gasteiger partial charge is 0.340 e. The van der Waals surface area contributed by atoms with Crippen LogP contribution in [0.3, 0.4) is 0 Å². The SMILES string of the molecule is CCC1CN(C(=O)C(C)(C)CN)CCS1. The molecule has 1 aliphatic rings. The fraction of sp³-hybridized carbons (Fsp3) is 0.909. The maximum absolute atomic E-state index is 12.1. The lowest BCUT2D eigenvalue weighted by atomic mass is 9.91. The van der Waals surface area contributed by atoms with Crippen LogP contribution in [0.2, 0.25) is 0 Å². The van der Waals surface area contributed by atoms with Crippen molar-refractivity contribution < 1.29 is 4.79 Å². The van der Waals surface area contributed by atoms with Gasteiger partial charge in [-0.05, 0) is 20.3 Å². The van der Waals surface area contributed by atoms with Crippen LogP contribution in [0.25, 0.3) is 0 Å². The molecule has 0 saturated carbocycles. The van der Waals surface area contributed by atoms with Gasteiger partial charge in [0.05, 0.1) is 5.41 Å². The second-order valence-corrected chi connectivity index (χ2v) is 6.15. The highest BCUT2D eigenvalue weighted by atomic mass is 32.2. The molecule has 4 heteroatoms. The molecule has 88 valence electrons. The minimum atomic E-state index is -0.402. The summed E-state index contributed by atoms with van der Waals surface area (Å²) in [5, 5.41) is 0.608. The molecule has 1 unspecified atom stereocenters. The first-order chi connectivity index (χ1) is 7.01. The Bertz CT molecular complexity index is 231. The van der Waals surface area contributed by atoms with E-state index in [2.05, 4.69) is 6.92 Å². The molecule has 1 heterocycles. The van der Waals surface area contributed by atoms with Gasteiger partial charge in [-0.1, -0.05) is 6.92 Å². The van der Waals surface area contributed by atoms with Crippen LogP contribution in [0.15, 0.2) is 0 Å². The van der Waals surface area contributed by atoms with Gasteiger partial charge in [-0.3, -0.25) is 4.79 Å². The monoisotopic (exact) mass is 230 g/mol. The minimum Gasteiger partial charge on any atom is -0.340 e. The smallest absolute Gasteiger partial charge is 0.229 e. The maximum atomic E-state index is 12.1. The van der Waals surface area contributed by atoms with Gasteiger partial charge < -0.3 is 10.6 Å². The van der Waals surface area contributed by atoms with Gasteiger partial charge in [0.25, 0.3) is 0 Å². The fourth-order valence-electron chi connectivity index (χ4n) is 1.67. The van der Waals surface area contributed by atoms with E-state index in [1.807, 2.05) is 30.5 Å². The van der Waals surface area contributed by atoms with E-state index in [0.717, 1.165) is 25.3 Å². The Morgan fingerprint density at radius 1 is 1.60 bits per heavy atom. The first-order valence-corrected chi connectivity index (χ1v) is 6.67. The molecule has 0 aromatic heterocycles. The first-order valence-electron chi connectivity index (χ1n) is 5.62. The van der Waals surface area contributed by atoms with Gasteiger partial charge in [0.2, 0.25) is 5.91 Å². The zero-order chi connectivity index (χ0) is 11.5. The first kappa shape index (κ1) is 12.8. The van der Waals surface area contributed by atoms with Crippen molar-refractivity contribution >= 4 is 17.7 Å². The molecule has 1 aliphatic heterocycles. The van der Waals surface area contributed by atoms with E-state index in [1.165, 1.54) is 0 Å². The number of hydrogen-bond acceptors (Lipinski definition) is 3. The van der Waals surface area contributed by atoms with Crippen molar-refractivity contribution in [1.29, 1.82) is 0 Å². The van der Waals surface area contributed by atoms with Gasteiger partial charge in [0.15, 0.2) is 0 Å². The molecule has 1 saturated heterocycles. The average molecular weight is 230 g/mol. The summed E-state index contributed by atoms with van der Waals surface area (Å²) in [6, 6.07) is 0. The summed E-state index contributed by atoms with van der Waals surface area (Å²) in [6.45, 7) is 8.23. The Hall–Kier alpha value is -0.220. The summed E-state index contributed by atoms with van der Waals surface area (Å²) in [5.74, 6) is 1.27. The number of hydrogen-bond donors (Lipinski definition) is 1. The lowest BCUT2D eigenvalue weighted by molar-refractivity contribution is -0.139. The van der Waals surface area contributed by atoms with Crippen LogP contribution in [0.4, 0.5) is 0 Å². The summed E-state index contributed by atoms with van der Waals surface area (Å²) in [5.41, 5.74) is 5.23. The maximum Gasteiger partial charge on any atom is 0.229 e. The van der Waals surface area contributed by atoms with Gasteiger partial charge in [0.1, 0.15) is 0 Å². The Balaban J connectivity index is 2.60. The quantitative estimate of drug-likeness (QED) is 0.795. The van der Waals surface area contributed by atoms with Gasteiger partial charge in [-0.15, -0.1) is 0 Å². The molecule has 0 spiro atoms. The van der Waals surface area contributed by atoms with Gasteiger partial charge in [0, 0.05) is 30.6 Å². The molecule has 1 rings (SSSR count). The van der Waals surface area contributed by atoms with Crippen molar-refractivity contribution in [2.75, 3.05) is 25.4 Å². The van der Waals surface area contributed by atoms with Crippen molar-refractivity contribution in [2.45, 2.75) is 32.4 Å². The molecule has 15 heavy (non-hydrogen) atoms. The normalized spacial score (nSPS) is 22.9. The number of nitrogens with two attached hydrogens (primary N) is 1. The highest BCUT2D eigenvalue weighted by Gasteiger charge is 2.33. The lowest BCUT2D eigenvalue weighted by Gasteiger charge is -2.36. The van der Waals surface area contributed by atoms with E-state index in [-0.39, 0.29) is 5.91 Å². The predicted octanol–water partition coefficient (Wildman–Crippen LogP) is 1.33. The van der Waals surface area contributed by atoms with Gasteiger partial charge >= 0.3 is 0 Å². The van der Waals surface area contributed by atoms with Crippen LogP contribution >= 0.6 is 11.8 Å². The van der Waals surface area contributed by atoms with E-state index in [0.29, 0.717) is 11.8 Å². The van der Waals surface area contributed by atoms with Crippen molar-refractivity contribution in [3.8, 4) is 0 Å². The van der Waals surface area contributed by atoms with Crippen LogP contribution < -0.4 is 5.73 Å². The molecule has 3 nitrogen and oxygen atoms in total. The fourth-order valence-corrected chi connectivity index (χ4v) is 2.85. The third kappa shape index (κ3) is 3.11. The highest BCUT2D eigenvalue weighted by molar-refractivity contribution is 8.00. The topological polar surface area (TPSA) is 46.3 Å². The summed E-state index contributed by atoms with van der Waals surface area (Å²) in [6.07, 6.45) is 1.14. The van der Waals surface area contributed by atoms with Crippen LogP contribution in [-0.4, -0.2) is 41.4 Å². The standard InChI is InChI=1S/C11H22N2OS/c1-4-9-7-13(5-6-15-9)10(14)11(2,3)8-12/h9H,4-8,12H2,1-3H3. The number of nitrogens with zero attached hydrogens (tertiary/aromatic N) is 1. The van der Waals surface area contributed by atoms with Crippen LogP contribution in [0, 0.1) is 5.41 Å². The number of thioether (sulfide) groups is 1. The Morgan fingerprint density at radius 3 is 2.80 bits per heavy atom. The van der Waals surface area contributed by atoms with E-state index in [1.54, 1.807) is 0 Å². The lowest BCUT2D eigenvalue weighted by Crippen LogP contribution is -2.49. The number of carbonyl (C=O) groups is 1. The molecular formula is C11H22N2OS. The Morgan fingerprint density at radius 2 is 2.27 bits per heavy atom. The van der Waals surface area contributed by atoms with Crippen LogP contribution in [-0.2, 0) is 4.79 Å². The average Bonchev–Trinajstić information content (AvgIpc) is 2.28. The van der Waals surface area contributed by atoms with Crippen molar-refractivity contribution in [2.24, 2.45) is 11.1 Å². The van der Waals surface area contributed by atoms with Gasteiger partial charge in [-0.25, -0.2) is 0 Å². The third-order valence-electron chi connectivity index (χ3n) is 2.97. The molecule has 1 amide bonds. The number of amides is 1. The van der Waals surface area contributed by atoms with E-state index in [9.17, 15) is 4.79 Å². The third-order valence-corrected chi connectivity index (χ3v) is 4.34. The van der Waals surface area contributed by atoms with Crippen LogP contribution in [0.5, 0.6) is 0 Å². The zero-order valence-corrected chi connectivity index (χ0v) is 10.8. The summed E-state index contributed by atoms with van der Waals surface area (Å²) in [7, 11) is 0. The van der Waals surface area contributed by atoms with Crippen LogP contribution in [0.1, 0.15) is 27.2 Å². The second kappa shape index (κ2) is 5.21. The molecule has 0 bridgehead atoms. The minimum absolute atomic E-state index is 0.212. The molecule has 0 aliphatic carbocycles. The molecule has 2 N–H and O–H groups in total. The van der Waals surface area contributed by atoms with Crippen molar-refractivity contribution in [3.63, 3.8) is 0 Å². The molecule has 0 aromatic rings. The molecular weight excluding hydrogens is 208 g/mol. The highest BCUT2D eigenvalue weighted by Crippen LogP contribution is 2.25.